The van der Waals surface area contributed by atoms with Gasteiger partial charge in [-0.3, -0.25) is 0 Å². The Morgan fingerprint density at radius 1 is 1.04 bits per heavy atom. The summed E-state index contributed by atoms with van der Waals surface area (Å²) in [6.45, 7) is 2.18. The SMILES string of the molecule is Cc1ccc2c([se]c3cc(C#N)ccc32)c1-c1cccc[n+]1C. The van der Waals surface area contributed by atoms with Gasteiger partial charge >= 0.3 is 141 Å². The molecular formula is C20H15N2Se+. The number of aromatic nitrogens is 1. The van der Waals surface area contributed by atoms with Gasteiger partial charge in [-0.1, -0.05) is 0 Å². The molecule has 0 N–H and O–H groups in total. The Bertz CT molecular complexity index is 1100. The molecule has 2 aromatic carbocycles. The Labute approximate surface area is 141 Å². The molecule has 0 fully saturated rings. The molecule has 0 saturated carbocycles. The van der Waals surface area contributed by atoms with Crippen LogP contribution in [-0.2, 0) is 7.05 Å². The van der Waals surface area contributed by atoms with E-state index >= 15 is 0 Å². The fourth-order valence-electron chi connectivity index (χ4n) is 3.11. The first-order chi connectivity index (χ1) is 11.2. The second-order valence-corrected chi connectivity index (χ2v) is 7.96. The van der Waals surface area contributed by atoms with E-state index in [1.165, 1.54) is 36.1 Å². The summed E-state index contributed by atoms with van der Waals surface area (Å²) in [6.07, 6.45) is 2.09. The third-order valence-corrected chi connectivity index (χ3v) is 6.78. The van der Waals surface area contributed by atoms with E-state index in [1.807, 2.05) is 6.07 Å². The van der Waals surface area contributed by atoms with E-state index in [0.29, 0.717) is 0 Å². The van der Waals surface area contributed by atoms with Gasteiger partial charge in [0.25, 0.3) is 0 Å². The molecule has 3 heteroatoms. The normalized spacial score (nSPS) is 11.0. The molecule has 0 saturated heterocycles. The molecule has 23 heavy (non-hydrogen) atoms. The Morgan fingerprint density at radius 3 is 2.65 bits per heavy atom. The van der Waals surface area contributed by atoms with E-state index in [9.17, 15) is 0 Å². The maximum absolute atomic E-state index is 9.15. The standard InChI is InChI=1S/C20H15N2Se/c1-13-6-8-16-15-9-7-14(12-21)11-18(15)23-20(16)19(13)17-5-3-4-10-22(17)2/h3-11H,1-2H3/q+1. The Hall–Kier alpha value is -2.40. The quantitative estimate of drug-likeness (QED) is 0.375. The van der Waals surface area contributed by atoms with Gasteiger partial charge in [0.1, 0.15) is 0 Å². The van der Waals surface area contributed by atoms with Crippen molar-refractivity contribution in [2.45, 2.75) is 6.92 Å². The molecule has 4 rings (SSSR count). The van der Waals surface area contributed by atoms with Crippen LogP contribution in [0.1, 0.15) is 11.1 Å². The fraction of sp³-hybridized carbons (Fsp3) is 0.100. The van der Waals surface area contributed by atoms with Gasteiger partial charge in [-0.15, -0.1) is 0 Å². The van der Waals surface area contributed by atoms with Gasteiger partial charge in [0.2, 0.25) is 0 Å². The molecule has 0 spiro atoms. The van der Waals surface area contributed by atoms with Crippen molar-refractivity contribution in [1.29, 1.82) is 5.26 Å². The molecule has 0 amide bonds. The molecule has 0 radical (unpaired) electrons. The van der Waals surface area contributed by atoms with Crippen LogP contribution in [0.4, 0.5) is 0 Å². The van der Waals surface area contributed by atoms with Gasteiger partial charge in [-0.25, -0.2) is 0 Å². The molecule has 0 aliphatic heterocycles. The molecule has 0 bridgehead atoms. The minimum atomic E-state index is 0.238. The zero-order valence-corrected chi connectivity index (χ0v) is 14.7. The number of rotatable bonds is 1. The maximum atomic E-state index is 9.15. The predicted molar refractivity (Wildman–Crippen MR) is 94.5 cm³/mol. The first kappa shape index (κ1) is 14.2. The predicted octanol–water partition coefficient (Wildman–Crippen LogP) is 3.72. The van der Waals surface area contributed by atoms with Crippen LogP contribution in [0, 0.1) is 18.3 Å². The first-order valence-corrected chi connectivity index (χ1v) is 9.21. The average molecular weight is 362 g/mol. The number of pyridine rings is 1. The van der Waals surface area contributed by atoms with Crippen LogP contribution < -0.4 is 4.57 Å². The molecule has 4 aromatic rings. The summed E-state index contributed by atoms with van der Waals surface area (Å²) in [4.78, 5) is 0. The van der Waals surface area contributed by atoms with E-state index in [2.05, 4.69) is 73.3 Å². The molecular weight excluding hydrogens is 347 g/mol. The molecule has 0 atom stereocenters. The molecule has 2 aromatic heterocycles. The third kappa shape index (κ3) is 2.19. The molecule has 110 valence electrons. The van der Waals surface area contributed by atoms with E-state index in [0.717, 1.165) is 5.56 Å². The van der Waals surface area contributed by atoms with E-state index < -0.39 is 0 Å². The van der Waals surface area contributed by atoms with Crippen molar-refractivity contribution in [1.82, 2.24) is 0 Å². The van der Waals surface area contributed by atoms with Gasteiger partial charge < -0.3 is 0 Å². The van der Waals surface area contributed by atoms with Crippen LogP contribution in [0.15, 0.2) is 54.7 Å². The summed E-state index contributed by atoms with van der Waals surface area (Å²) in [6, 6.07) is 19.1. The van der Waals surface area contributed by atoms with E-state index in [4.69, 9.17) is 5.26 Å². The van der Waals surface area contributed by atoms with Crippen molar-refractivity contribution in [3.05, 3.63) is 65.9 Å². The summed E-state index contributed by atoms with van der Waals surface area (Å²) in [5, 5.41) is 11.8. The molecule has 0 aliphatic carbocycles. The Morgan fingerprint density at radius 2 is 1.87 bits per heavy atom. The summed E-state index contributed by atoms with van der Waals surface area (Å²) >= 11 is 0.238. The molecule has 0 aliphatic rings. The van der Waals surface area contributed by atoms with Crippen molar-refractivity contribution in [3.8, 4) is 17.3 Å². The minimum absolute atomic E-state index is 0.238. The van der Waals surface area contributed by atoms with Crippen LogP contribution in [-0.4, -0.2) is 14.5 Å². The van der Waals surface area contributed by atoms with E-state index in [1.54, 1.807) is 0 Å². The number of benzene rings is 2. The van der Waals surface area contributed by atoms with Gasteiger partial charge in [0, 0.05) is 0 Å². The molecule has 2 heterocycles. The molecule has 0 unspecified atom stereocenters. The summed E-state index contributed by atoms with van der Waals surface area (Å²) in [5.41, 5.74) is 4.65. The number of nitrogens with zero attached hydrogens (tertiary/aromatic N) is 2. The zero-order valence-electron chi connectivity index (χ0n) is 13.0. The zero-order chi connectivity index (χ0) is 16.0. The van der Waals surface area contributed by atoms with Crippen LogP contribution in [0.25, 0.3) is 30.6 Å². The summed E-state index contributed by atoms with van der Waals surface area (Å²) < 4.78 is 4.93. The summed E-state index contributed by atoms with van der Waals surface area (Å²) in [7, 11) is 2.09. The van der Waals surface area contributed by atoms with Gasteiger partial charge in [0.15, 0.2) is 0 Å². The van der Waals surface area contributed by atoms with Crippen LogP contribution in [0.2, 0.25) is 0 Å². The Balaban J connectivity index is 2.14. The van der Waals surface area contributed by atoms with Crippen molar-refractivity contribution in [3.63, 3.8) is 0 Å². The number of aryl methyl sites for hydroxylation is 2. The van der Waals surface area contributed by atoms with Crippen molar-refractivity contribution in [2.24, 2.45) is 7.05 Å². The Kier molecular flexibility index (Phi) is 3.31. The van der Waals surface area contributed by atoms with E-state index in [-0.39, 0.29) is 14.5 Å². The average Bonchev–Trinajstić information content (AvgIpc) is 2.93. The van der Waals surface area contributed by atoms with Crippen molar-refractivity contribution >= 4 is 33.8 Å². The number of hydrogen-bond acceptors (Lipinski definition) is 1. The van der Waals surface area contributed by atoms with Crippen LogP contribution >= 0.6 is 0 Å². The monoisotopic (exact) mass is 363 g/mol. The topological polar surface area (TPSA) is 27.7 Å². The van der Waals surface area contributed by atoms with Gasteiger partial charge in [-0.2, -0.15) is 0 Å². The molecule has 2 nitrogen and oxygen atoms in total. The first-order valence-electron chi connectivity index (χ1n) is 7.50. The number of fused-ring (bicyclic) bond motifs is 3. The van der Waals surface area contributed by atoms with Crippen LogP contribution in [0.3, 0.4) is 0 Å². The number of hydrogen-bond donors (Lipinski definition) is 0. The second kappa shape index (κ2) is 5.35. The number of nitriles is 1. The van der Waals surface area contributed by atoms with Crippen molar-refractivity contribution in [2.75, 3.05) is 0 Å². The second-order valence-electron chi connectivity index (χ2n) is 5.76. The van der Waals surface area contributed by atoms with Gasteiger partial charge in [-0.05, 0) is 0 Å². The van der Waals surface area contributed by atoms with Crippen LogP contribution in [0.5, 0.6) is 0 Å². The summed E-state index contributed by atoms with van der Waals surface area (Å²) in [5.74, 6) is 0. The third-order valence-electron chi connectivity index (χ3n) is 4.29. The van der Waals surface area contributed by atoms with Crippen molar-refractivity contribution < 1.29 is 4.57 Å². The fourth-order valence-corrected chi connectivity index (χ4v) is 5.94. The van der Waals surface area contributed by atoms with Gasteiger partial charge in [0.05, 0.1) is 0 Å².